The van der Waals surface area contributed by atoms with Crippen molar-refractivity contribution in [1.82, 2.24) is 4.98 Å². The lowest BCUT2D eigenvalue weighted by Gasteiger charge is -2.26. The van der Waals surface area contributed by atoms with Crippen LogP contribution >= 0.6 is 23.7 Å². The molecule has 0 bridgehead atoms. The summed E-state index contributed by atoms with van der Waals surface area (Å²) in [6, 6.07) is 7.83. The third-order valence-electron chi connectivity index (χ3n) is 3.75. The Morgan fingerprint density at radius 2 is 1.92 bits per heavy atom. The molecule has 0 aliphatic carbocycles. The molecule has 24 heavy (non-hydrogen) atoms. The molecule has 1 aromatic heterocycles. The van der Waals surface area contributed by atoms with Gasteiger partial charge in [-0.2, -0.15) is 0 Å². The van der Waals surface area contributed by atoms with Gasteiger partial charge in [0.15, 0.2) is 5.13 Å². The van der Waals surface area contributed by atoms with Gasteiger partial charge in [0.2, 0.25) is 5.91 Å². The molecule has 2 heterocycles. The number of benzene rings is 1. The minimum atomic E-state index is -0.0238. The van der Waals surface area contributed by atoms with Gasteiger partial charge in [0, 0.05) is 35.6 Å². The van der Waals surface area contributed by atoms with E-state index >= 15 is 0 Å². The number of halogens is 1. The van der Waals surface area contributed by atoms with Crippen molar-refractivity contribution in [3.63, 3.8) is 0 Å². The third-order valence-corrected chi connectivity index (χ3v) is 4.65. The number of aromatic nitrogens is 1. The number of thiazole rings is 1. The molecule has 1 fully saturated rings. The van der Waals surface area contributed by atoms with Crippen LogP contribution in [0, 0.1) is 5.92 Å². The number of amides is 1. The van der Waals surface area contributed by atoms with E-state index in [1.807, 2.05) is 38.1 Å². The van der Waals surface area contributed by atoms with E-state index in [1.165, 1.54) is 0 Å². The Balaban J connectivity index is 0.00000208. The molecule has 2 aromatic rings. The number of nitrogens with zero attached hydrogens (tertiary/aromatic N) is 2. The number of hydrogen-bond acceptors (Lipinski definition) is 5. The highest BCUT2D eigenvalue weighted by Crippen LogP contribution is 2.28. The Labute approximate surface area is 152 Å². The SMILES string of the molecule is CC(C)C(=O)Nc1ccc(-c2csc(N3CCOCC3)n2)cc1.Cl. The normalized spacial score (nSPS) is 14.4. The molecule has 0 unspecified atom stereocenters. The summed E-state index contributed by atoms with van der Waals surface area (Å²) in [5.41, 5.74) is 2.85. The molecule has 0 saturated carbocycles. The zero-order valence-electron chi connectivity index (χ0n) is 13.8. The molecule has 1 aliphatic rings. The quantitative estimate of drug-likeness (QED) is 0.895. The smallest absolute Gasteiger partial charge is 0.226 e. The molecular weight excluding hydrogens is 346 g/mol. The van der Waals surface area contributed by atoms with Crippen molar-refractivity contribution in [2.75, 3.05) is 36.5 Å². The second-order valence-corrected chi connectivity index (χ2v) is 6.67. The van der Waals surface area contributed by atoms with Gasteiger partial charge in [-0.1, -0.05) is 26.0 Å². The monoisotopic (exact) mass is 367 g/mol. The molecule has 0 spiro atoms. The fourth-order valence-corrected chi connectivity index (χ4v) is 3.20. The Kier molecular flexibility index (Phi) is 6.60. The van der Waals surface area contributed by atoms with Gasteiger partial charge in [-0.05, 0) is 12.1 Å². The summed E-state index contributed by atoms with van der Waals surface area (Å²) in [4.78, 5) is 18.7. The molecule has 0 atom stereocenters. The number of carbonyl (C=O) groups excluding carboxylic acids is 1. The molecule has 1 saturated heterocycles. The second-order valence-electron chi connectivity index (χ2n) is 5.84. The topological polar surface area (TPSA) is 54.5 Å². The second kappa shape index (κ2) is 8.46. The van der Waals surface area contributed by atoms with Crippen LogP contribution in [0.5, 0.6) is 0 Å². The van der Waals surface area contributed by atoms with Gasteiger partial charge in [0.25, 0.3) is 0 Å². The maximum absolute atomic E-state index is 11.7. The van der Waals surface area contributed by atoms with E-state index in [1.54, 1.807) is 11.3 Å². The number of anilines is 2. The van der Waals surface area contributed by atoms with Crippen molar-refractivity contribution in [2.45, 2.75) is 13.8 Å². The number of hydrogen-bond donors (Lipinski definition) is 1. The first-order valence-electron chi connectivity index (χ1n) is 7.83. The highest BCUT2D eigenvalue weighted by atomic mass is 35.5. The molecule has 7 heteroatoms. The maximum atomic E-state index is 11.7. The molecule has 5 nitrogen and oxygen atoms in total. The summed E-state index contributed by atoms with van der Waals surface area (Å²) in [5.74, 6) is 0.00492. The summed E-state index contributed by atoms with van der Waals surface area (Å²) in [5, 5.41) is 6.02. The van der Waals surface area contributed by atoms with Crippen molar-refractivity contribution in [3.05, 3.63) is 29.6 Å². The number of morpholine rings is 1. The molecule has 130 valence electrons. The zero-order valence-corrected chi connectivity index (χ0v) is 15.5. The number of carbonyl (C=O) groups is 1. The van der Waals surface area contributed by atoms with Crippen molar-refractivity contribution >= 4 is 40.5 Å². The van der Waals surface area contributed by atoms with Gasteiger partial charge in [-0.25, -0.2) is 4.98 Å². The van der Waals surface area contributed by atoms with Gasteiger partial charge >= 0.3 is 0 Å². The van der Waals surface area contributed by atoms with Gasteiger partial charge in [0.1, 0.15) is 0 Å². The van der Waals surface area contributed by atoms with E-state index in [9.17, 15) is 4.79 Å². The van der Waals surface area contributed by atoms with Gasteiger partial charge in [-0.3, -0.25) is 4.79 Å². The number of ether oxygens (including phenoxy) is 1. The minimum absolute atomic E-state index is 0. The highest BCUT2D eigenvalue weighted by molar-refractivity contribution is 7.14. The van der Waals surface area contributed by atoms with Crippen LogP contribution in [0.25, 0.3) is 11.3 Å². The van der Waals surface area contributed by atoms with Crippen LogP contribution in [-0.2, 0) is 9.53 Å². The largest absolute Gasteiger partial charge is 0.378 e. The van der Waals surface area contributed by atoms with Gasteiger partial charge in [0.05, 0.1) is 18.9 Å². The van der Waals surface area contributed by atoms with E-state index in [0.29, 0.717) is 0 Å². The molecule has 1 amide bonds. The predicted molar refractivity (Wildman–Crippen MR) is 101 cm³/mol. The van der Waals surface area contributed by atoms with Gasteiger partial charge < -0.3 is 15.0 Å². The zero-order chi connectivity index (χ0) is 16.2. The lowest BCUT2D eigenvalue weighted by Crippen LogP contribution is -2.36. The average Bonchev–Trinajstić information content (AvgIpc) is 3.06. The summed E-state index contributed by atoms with van der Waals surface area (Å²) in [7, 11) is 0. The van der Waals surface area contributed by atoms with E-state index in [4.69, 9.17) is 9.72 Å². The van der Waals surface area contributed by atoms with Crippen LogP contribution in [0.4, 0.5) is 10.8 Å². The predicted octanol–water partition coefficient (Wildman–Crippen LogP) is 3.66. The molecular formula is C17H22ClN3O2S. The molecule has 1 aliphatic heterocycles. The van der Waals surface area contributed by atoms with Gasteiger partial charge in [-0.15, -0.1) is 23.7 Å². The van der Waals surface area contributed by atoms with Crippen LogP contribution in [0.15, 0.2) is 29.6 Å². The lowest BCUT2D eigenvalue weighted by atomic mass is 10.1. The number of rotatable bonds is 4. The van der Waals surface area contributed by atoms with Crippen LogP contribution in [0.1, 0.15) is 13.8 Å². The van der Waals surface area contributed by atoms with E-state index in [2.05, 4.69) is 15.6 Å². The summed E-state index contributed by atoms with van der Waals surface area (Å²) < 4.78 is 5.37. The molecule has 3 rings (SSSR count). The van der Waals surface area contributed by atoms with Crippen molar-refractivity contribution < 1.29 is 9.53 Å². The minimum Gasteiger partial charge on any atom is -0.378 e. The van der Waals surface area contributed by atoms with Crippen molar-refractivity contribution in [2.24, 2.45) is 5.92 Å². The molecule has 1 N–H and O–H groups in total. The Bertz CT molecular complexity index is 667. The lowest BCUT2D eigenvalue weighted by molar-refractivity contribution is -0.118. The van der Waals surface area contributed by atoms with E-state index < -0.39 is 0 Å². The fraction of sp³-hybridized carbons (Fsp3) is 0.412. The van der Waals surface area contributed by atoms with Crippen LogP contribution in [0.3, 0.4) is 0 Å². The van der Waals surface area contributed by atoms with Crippen LogP contribution < -0.4 is 10.2 Å². The first-order chi connectivity index (χ1) is 11.1. The Hall–Kier alpha value is -1.63. The summed E-state index contributed by atoms with van der Waals surface area (Å²) in [6.45, 7) is 7.08. The Morgan fingerprint density at radius 1 is 1.25 bits per heavy atom. The van der Waals surface area contributed by atoms with Crippen LogP contribution in [-0.4, -0.2) is 37.2 Å². The van der Waals surface area contributed by atoms with Crippen molar-refractivity contribution in [1.29, 1.82) is 0 Å². The van der Waals surface area contributed by atoms with E-state index in [0.717, 1.165) is 48.4 Å². The fourth-order valence-electron chi connectivity index (χ4n) is 2.31. The summed E-state index contributed by atoms with van der Waals surface area (Å²) in [6.07, 6.45) is 0. The molecule has 0 radical (unpaired) electrons. The standard InChI is InChI=1S/C17H21N3O2S.ClH/c1-12(2)16(21)18-14-5-3-13(4-6-14)15-11-23-17(19-15)20-7-9-22-10-8-20;/h3-6,11-12H,7-10H2,1-2H3,(H,18,21);1H. The van der Waals surface area contributed by atoms with E-state index in [-0.39, 0.29) is 24.2 Å². The highest BCUT2D eigenvalue weighted by Gasteiger charge is 2.15. The van der Waals surface area contributed by atoms with Crippen LogP contribution in [0.2, 0.25) is 0 Å². The first kappa shape index (κ1) is 18.7. The maximum Gasteiger partial charge on any atom is 0.226 e. The Morgan fingerprint density at radius 3 is 2.54 bits per heavy atom. The van der Waals surface area contributed by atoms with Crippen molar-refractivity contribution in [3.8, 4) is 11.3 Å². The summed E-state index contributed by atoms with van der Waals surface area (Å²) >= 11 is 1.66. The first-order valence-corrected chi connectivity index (χ1v) is 8.71. The average molecular weight is 368 g/mol. The third kappa shape index (κ3) is 4.47. The number of nitrogens with one attached hydrogen (secondary N) is 1. The molecule has 1 aromatic carbocycles.